The van der Waals surface area contributed by atoms with Crippen molar-refractivity contribution in [2.24, 2.45) is 0 Å². The van der Waals surface area contributed by atoms with Gasteiger partial charge in [0.05, 0.1) is 15.1 Å². The second-order valence-electron chi connectivity index (χ2n) is 13.1. The minimum atomic E-state index is -4.68. The van der Waals surface area contributed by atoms with E-state index in [0.29, 0.717) is 54.5 Å². The standard InChI is InChI=1S/C43H32N4O7S2.H3N/c1-25-10-23-37-38(39(25)56(51,52)53)55-42(47-37)28-15-21-30(22-16-28)45-40(48)26-11-17-29(18-12-26)44-41(49)27-13-19-31(20-14-27)46-43(50)54-24-36-34-8-4-2-6-32(34)33-7-3-5-9-35(33)36;/h2-23,36H,24H2,1H3,(H,44,49)(H,45,48)(H,46,50)(H,51,52,53);1H3. The van der Waals surface area contributed by atoms with Crippen molar-refractivity contribution in [2.75, 3.05) is 22.6 Å². The molecular formula is C43H35N5O7S2. The smallest absolute Gasteiger partial charge is 0.411 e. The number of ether oxygens (including phenoxy) is 1. The summed E-state index contributed by atoms with van der Waals surface area (Å²) in [6.45, 7) is 1.76. The molecule has 6 aromatic carbocycles. The number of fused-ring (bicyclic) bond motifs is 4. The molecule has 1 aliphatic carbocycles. The van der Waals surface area contributed by atoms with Crippen LogP contribution in [0.15, 0.2) is 138 Å². The summed E-state index contributed by atoms with van der Waals surface area (Å²) in [5.41, 5.74) is 8.22. The Balaban J connectivity index is 0.00000496. The van der Waals surface area contributed by atoms with Crippen LogP contribution in [0.5, 0.6) is 0 Å². The summed E-state index contributed by atoms with van der Waals surface area (Å²) in [6, 6.07) is 39.2. The van der Waals surface area contributed by atoms with Crippen LogP contribution in [0.3, 0.4) is 0 Å². The fourth-order valence-electron chi connectivity index (χ4n) is 6.77. The summed E-state index contributed by atoms with van der Waals surface area (Å²) in [5.74, 6) is -0.794. The lowest BCUT2D eigenvalue weighted by Crippen LogP contribution is -2.18. The second kappa shape index (κ2) is 15.8. The van der Waals surface area contributed by atoms with E-state index in [0.717, 1.165) is 33.6 Å². The van der Waals surface area contributed by atoms with Crippen molar-refractivity contribution in [2.45, 2.75) is 17.7 Å². The van der Waals surface area contributed by atoms with Crippen LogP contribution < -0.4 is 22.1 Å². The molecule has 0 spiro atoms. The predicted octanol–water partition coefficient (Wildman–Crippen LogP) is 9.42. The van der Waals surface area contributed by atoms with Crippen molar-refractivity contribution in [3.05, 3.63) is 161 Å². The Morgan fingerprint density at radius 3 is 1.70 bits per heavy atom. The van der Waals surface area contributed by atoms with Gasteiger partial charge < -0.3 is 26.1 Å². The van der Waals surface area contributed by atoms with Gasteiger partial charge in [0.1, 0.15) is 21.7 Å². The van der Waals surface area contributed by atoms with Gasteiger partial charge in [0.15, 0.2) is 0 Å². The molecule has 0 bridgehead atoms. The first-order valence-electron chi connectivity index (χ1n) is 17.4. The number of rotatable bonds is 9. The molecule has 286 valence electrons. The Bertz CT molecular complexity index is 2720. The van der Waals surface area contributed by atoms with Gasteiger partial charge in [0.2, 0.25) is 0 Å². The zero-order chi connectivity index (χ0) is 39.0. The van der Waals surface area contributed by atoms with Crippen molar-refractivity contribution < 1.29 is 32.1 Å². The van der Waals surface area contributed by atoms with Gasteiger partial charge in [-0.1, -0.05) is 54.6 Å². The number of quaternary nitrogens is 1. The third-order valence-electron chi connectivity index (χ3n) is 9.49. The van der Waals surface area contributed by atoms with E-state index in [1.807, 2.05) is 24.3 Å². The van der Waals surface area contributed by atoms with Crippen molar-refractivity contribution in [3.63, 3.8) is 0 Å². The fourth-order valence-corrected chi connectivity index (χ4v) is 9.05. The summed E-state index contributed by atoms with van der Waals surface area (Å²) < 4.78 is 41.6. The quantitative estimate of drug-likeness (QED) is 0.103. The fraction of sp³-hybridized carbons (Fsp3) is 0.0698. The largest absolute Gasteiger partial charge is 0.744 e. The van der Waals surface area contributed by atoms with Crippen LogP contribution in [0.2, 0.25) is 0 Å². The van der Waals surface area contributed by atoms with Gasteiger partial charge in [-0.05, 0) is 114 Å². The first-order valence-corrected chi connectivity index (χ1v) is 19.7. The second-order valence-corrected chi connectivity index (χ2v) is 15.4. The Morgan fingerprint density at radius 2 is 1.18 bits per heavy atom. The topological polar surface area (TPSA) is 203 Å². The van der Waals surface area contributed by atoms with Crippen LogP contribution in [0, 0.1) is 6.92 Å². The Labute approximate surface area is 331 Å². The van der Waals surface area contributed by atoms with Gasteiger partial charge in [-0.3, -0.25) is 14.9 Å². The number of aromatic nitrogens is 1. The number of aryl methyl sites for hydroxylation is 1. The molecule has 3 amide bonds. The summed E-state index contributed by atoms with van der Waals surface area (Å²) in [7, 11) is -4.68. The van der Waals surface area contributed by atoms with E-state index < -0.39 is 16.2 Å². The lowest BCUT2D eigenvalue weighted by atomic mass is 9.98. The zero-order valence-electron chi connectivity index (χ0n) is 30.6. The first kappa shape index (κ1) is 38.6. The van der Waals surface area contributed by atoms with Gasteiger partial charge in [-0.2, -0.15) is 0 Å². The van der Waals surface area contributed by atoms with Crippen molar-refractivity contribution in [3.8, 4) is 21.7 Å². The molecule has 8 rings (SSSR count). The highest BCUT2D eigenvalue weighted by Crippen LogP contribution is 2.44. The maximum atomic E-state index is 13.0. The van der Waals surface area contributed by atoms with E-state index in [9.17, 15) is 27.4 Å². The molecule has 57 heavy (non-hydrogen) atoms. The molecule has 14 heteroatoms. The number of thiazole rings is 1. The minimum absolute atomic E-state index is 0. The van der Waals surface area contributed by atoms with Crippen LogP contribution in [-0.4, -0.2) is 42.5 Å². The van der Waals surface area contributed by atoms with Crippen LogP contribution in [-0.2, 0) is 14.9 Å². The summed E-state index contributed by atoms with van der Waals surface area (Å²) >= 11 is 1.12. The number of amides is 3. The molecular weight excluding hydrogens is 763 g/mol. The van der Waals surface area contributed by atoms with Crippen molar-refractivity contribution >= 4 is 66.6 Å². The molecule has 0 radical (unpaired) electrons. The van der Waals surface area contributed by atoms with E-state index in [1.165, 1.54) is 0 Å². The third-order valence-corrected chi connectivity index (χ3v) is 11.8. The maximum Gasteiger partial charge on any atom is 0.411 e. The number of nitrogens with one attached hydrogen (secondary N) is 3. The first-order chi connectivity index (χ1) is 27.0. The molecule has 7 aromatic rings. The average Bonchev–Trinajstić information content (AvgIpc) is 3.76. The Hall–Kier alpha value is -6.71. The highest BCUT2D eigenvalue weighted by atomic mass is 32.2. The molecule has 7 N–H and O–H groups in total. The van der Waals surface area contributed by atoms with Crippen LogP contribution in [0.1, 0.15) is 43.3 Å². The van der Waals surface area contributed by atoms with E-state index in [1.54, 1.807) is 91.9 Å². The van der Waals surface area contributed by atoms with Gasteiger partial charge in [0.25, 0.3) is 11.8 Å². The molecule has 0 saturated carbocycles. The van der Waals surface area contributed by atoms with Crippen molar-refractivity contribution in [1.29, 1.82) is 0 Å². The van der Waals surface area contributed by atoms with Gasteiger partial charge in [-0.25, -0.2) is 18.2 Å². The number of carbonyl (C=O) groups excluding carboxylic acids is 3. The van der Waals surface area contributed by atoms with Crippen LogP contribution in [0.25, 0.3) is 31.9 Å². The number of anilines is 3. The van der Waals surface area contributed by atoms with Gasteiger partial charge in [0, 0.05) is 39.7 Å². The SMILES string of the molecule is Cc1ccc2nc(-c3ccc(NC(=O)c4ccc(NC(=O)c5ccc(NC(=O)OCC6c7ccccc7-c7ccccc76)cc5)cc4)cc3)sc2c1S(=O)(=O)[O-].[NH4+]. The average molecular weight is 798 g/mol. The predicted molar refractivity (Wildman–Crippen MR) is 221 cm³/mol. The number of benzene rings is 6. The Morgan fingerprint density at radius 1 is 0.684 bits per heavy atom. The van der Waals surface area contributed by atoms with Crippen LogP contribution in [0.4, 0.5) is 21.9 Å². The molecule has 12 nitrogen and oxygen atoms in total. The number of hydrogen-bond donors (Lipinski definition) is 4. The molecule has 0 fully saturated rings. The maximum absolute atomic E-state index is 13.0. The minimum Gasteiger partial charge on any atom is -0.744 e. The van der Waals surface area contributed by atoms with Gasteiger partial charge >= 0.3 is 6.09 Å². The monoisotopic (exact) mass is 797 g/mol. The highest BCUT2D eigenvalue weighted by molar-refractivity contribution is 7.86. The highest BCUT2D eigenvalue weighted by Gasteiger charge is 2.29. The number of hydrogen-bond acceptors (Lipinski definition) is 9. The number of nitrogens with zero attached hydrogens (tertiary/aromatic N) is 1. The normalized spacial score (nSPS) is 11.9. The lowest BCUT2D eigenvalue weighted by Gasteiger charge is -2.14. The zero-order valence-corrected chi connectivity index (χ0v) is 32.2. The van der Waals surface area contributed by atoms with Gasteiger partial charge in [-0.15, -0.1) is 11.3 Å². The number of carbonyl (C=O) groups is 3. The molecule has 0 aliphatic heterocycles. The van der Waals surface area contributed by atoms with E-state index in [-0.39, 0.29) is 35.4 Å². The summed E-state index contributed by atoms with van der Waals surface area (Å²) in [4.78, 5) is 42.9. The molecule has 0 unspecified atom stereocenters. The molecule has 0 atom stereocenters. The van der Waals surface area contributed by atoms with E-state index >= 15 is 0 Å². The Kier molecular flexibility index (Phi) is 10.7. The van der Waals surface area contributed by atoms with E-state index in [4.69, 9.17) is 4.74 Å². The lowest BCUT2D eigenvalue weighted by molar-refractivity contribution is 0.102. The summed E-state index contributed by atoms with van der Waals surface area (Å²) in [6.07, 6.45) is -0.595. The molecule has 1 aliphatic rings. The molecule has 0 saturated heterocycles. The van der Waals surface area contributed by atoms with Crippen molar-refractivity contribution in [1.82, 2.24) is 11.1 Å². The van der Waals surface area contributed by atoms with Crippen LogP contribution >= 0.6 is 11.3 Å². The third kappa shape index (κ3) is 8.01. The molecule has 1 heterocycles. The molecule has 1 aromatic heterocycles. The summed E-state index contributed by atoms with van der Waals surface area (Å²) in [5, 5.41) is 8.90. The van der Waals surface area contributed by atoms with E-state index in [2.05, 4.69) is 45.2 Å².